The summed E-state index contributed by atoms with van der Waals surface area (Å²) < 4.78 is 38.9. The molecule has 1 aromatic carbocycles. The Morgan fingerprint density at radius 2 is 1.74 bits per heavy atom. The fourth-order valence-corrected chi connectivity index (χ4v) is 2.57. The third-order valence-electron chi connectivity index (χ3n) is 3.97. The fraction of sp³-hybridized carbons (Fsp3) is 0.500. The van der Waals surface area contributed by atoms with Gasteiger partial charge in [-0.25, -0.2) is 14.8 Å². The van der Waals surface area contributed by atoms with Crippen molar-refractivity contribution >= 4 is 22.8 Å². The maximum Gasteiger partial charge on any atom is 0.451 e. The number of hydrogen-bond acceptors (Lipinski definition) is 4. The zero-order chi connectivity index (χ0) is 19.7. The molecule has 0 unspecified atom stereocenters. The summed E-state index contributed by atoms with van der Waals surface area (Å²) in [5.74, 6) is -1.37. The summed E-state index contributed by atoms with van der Waals surface area (Å²) >= 11 is 0. The Kier molecular flexibility index (Phi) is 7.63. The highest BCUT2D eigenvalue weighted by atomic mass is 19.4. The summed E-state index contributed by atoms with van der Waals surface area (Å²) in [5, 5.41) is 3.04. The zero-order valence-corrected chi connectivity index (χ0v) is 15.2. The van der Waals surface area contributed by atoms with Crippen LogP contribution >= 0.6 is 0 Å². The van der Waals surface area contributed by atoms with Crippen LogP contribution in [-0.4, -0.2) is 22.5 Å². The molecule has 148 valence electrons. The van der Waals surface area contributed by atoms with E-state index in [0.717, 1.165) is 19.3 Å². The normalized spacial score (nSPS) is 11.4. The van der Waals surface area contributed by atoms with E-state index in [1.807, 2.05) is 0 Å². The molecular formula is C18H24F3N5O. The van der Waals surface area contributed by atoms with Gasteiger partial charge in [-0.15, -0.1) is 0 Å². The number of carbonyl (C=O) groups is 1. The van der Waals surface area contributed by atoms with Crippen LogP contribution in [0.1, 0.15) is 51.3 Å². The highest BCUT2D eigenvalue weighted by molar-refractivity contribution is 5.89. The van der Waals surface area contributed by atoms with Crippen LogP contribution < -0.4 is 16.2 Å². The Bertz CT molecular complexity index is 751. The van der Waals surface area contributed by atoms with Gasteiger partial charge in [0.15, 0.2) is 5.82 Å². The number of hydrogen-bond donors (Lipinski definition) is 3. The van der Waals surface area contributed by atoms with Crippen LogP contribution in [-0.2, 0) is 6.18 Å². The molecule has 0 bridgehead atoms. The summed E-state index contributed by atoms with van der Waals surface area (Å²) in [6, 6.07) is 5.74. The van der Waals surface area contributed by atoms with E-state index >= 15 is 0 Å². The van der Waals surface area contributed by atoms with E-state index in [1.165, 1.54) is 25.3 Å². The number of anilines is 1. The smallest absolute Gasteiger partial charge is 0.337 e. The molecule has 9 heteroatoms. The highest BCUT2D eigenvalue weighted by Crippen LogP contribution is 2.29. The second-order valence-electron chi connectivity index (χ2n) is 6.18. The van der Waals surface area contributed by atoms with Crippen molar-refractivity contribution in [1.82, 2.24) is 20.7 Å². The summed E-state index contributed by atoms with van der Waals surface area (Å²) in [4.78, 5) is 18.8. The van der Waals surface area contributed by atoms with Crippen molar-refractivity contribution in [2.75, 3.05) is 12.0 Å². The van der Waals surface area contributed by atoms with Gasteiger partial charge in [-0.3, -0.25) is 10.9 Å². The van der Waals surface area contributed by atoms with Crippen molar-refractivity contribution in [3.05, 3.63) is 30.1 Å². The quantitative estimate of drug-likeness (QED) is 0.436. The van der Waals surface area contributed by atoms with Crippen molar-refractivity contribution in [2.24, 2.45) is 0 Å². The van der Waals surface area contributed by atoms with Gasteiger partial charge in [0, 0.05) is 11.9 Å². The molecule has 0 saturated heterocycles. The Hall–Kier alpha value is -2.58. The predicted octanol–water partition coefficient (Wildman–Crippen LogP) is 4.64. The first-order valence-corrected chi connectivity index (χ1v) is 9.05. The summed E-state index contributed by atoms with van der Waals surface area (Å²) in [6.07, 6.45) is 1.91. The molecule has 1 aromatic heterocycles. The van der Waals surface area contributed by atoms with Gasteiger partial charge >= 0.3 is 12.2 Å². The molecule has 0 spiro atoms. The first-order valence-electron chi connectivity index (χ1n) is 9.05. The van der Waals surface area contributed by atoms with Crippen LogP contribution in [0.3, 0.4) is 0 Å². The minimum Gasteiger partial charge on any atom is -0.337 e. The standard InChI is InChI=1S/C18H24F3N5O/c1-2-3-4-5-6-9-12-22-17(27)26-25-15-13-10-7-8-11-14(13)23-16(24-15)18(19,20)21/h7-8,10-11H,2-6,9,12H2,1H3,(H2,22,26,27)(H,23,24,25). The van der Waals surface area contributed by atoms with E-state index in [9.17, 15) is 18.0 Å². The molecule has 0 atom stereocenters. The Balaban J connectivity index is 1.89. The van der Waals surface area contributed by atoms with Crippen LogP contribution in [0.25, 0.3) is 10.9 Å². The molecule has 0 aliphatic rings. The third-order valence-corrected chi connectivity index (χ3v) is 3.97. The average molecular weight is 383 g/mol. The van der Waals surface area contributed by atoms with Crippen molar-refractivity contribution in [3.63, 3.8) is 0 Å². The lowest BCUT2D eigenvalue weighted by atomic mass is 10.1. The minimum absolute atomic E-state index is 0.109. The Morgan fingerprint density at radius 3 is 2.48 bits per heavy atom. The largest absolute Gasteiger partial charge is 0.451 e. The molecule has 0 aliphatic carbocycles. The van der Waals surface area contributed by atoms with Crippen LogP contribution in [0.4, 0.5) is 23.8 Å². The number of aromatic nitrogens is 2. The van der Waals surface area contributed by atoms with Crippen molar-refractivity contribution in [1.29, 1.82) is 0 Å². The van der Waals surface area contributed by atoms with E-state index in [-0.39, 0.29) is 11.3 Å². The van der Waals surface area contributed by atoms with Crippen LogP contribution in [0, 0.1) is 0 Å². The number of halogens is 3. The maximum absolute atomic E-state index is 13.0. The number of fused-ring (bicyclic) bond motifs is 1. The molecule has 0 radical (unpaired) electrons. The molecule has 0 fully saturated rings. The molecule has 6 nitrogen and oxygen atoms in total. The van der Waals surface area contributed by atoms with Gasteiger partial charge in [-0.05, 0) is 18.6 Å². The lowest BCUT2D eigenvalue weighted by Gasteiger charge is -2.13. The second-order valence-corrected chi connectivity index (χ2v) is 6.18. The number of para-hydroxylation sites is 1. The lowest BCUT2D eigenvalue weighted by molar-refractivity contribution is -0.144. The fourth-order valence-electron chi connectivity index (χ4n) is 2.57. The number of unbranched alkanes of at least 4 members (excludes halogenated alkanes) is 5. The molecule has 2 rings (SSSR count). The molecule has 0 aliphatic heterocycles. The monoisotopic (exact) mass is 383 g/mol. The topological polar surface area (TPSA) is 78.9 Å². The van der Waals surface area contributed by atoms with Crippen molar-refractivity contribution in [3.8, 4) is 0 Å². The average Bonchev–Trinajstić information content (AvgIpc) is 2.64. The Labute approximate surface area is 155 Å². The number of carbonyl (C=O) groups excluding carboxylic acids is 1. The zero-order valence-electron chi connectivity index (χ0n) is 15.2. The second kappa shape index (κ2) is 9.94. The predicted molar refractivity (Wildman–Crippen MR) is 98.1 cm³/mol. The van der Waals surface area contributed by atoms with Gasteiger partial charge in [-0.1, -0.05) is 51.2 Å². The number of nitrogens with one attached hydrogen (secondary N) is 3. The molecule has 2 aromatic rings. The molecule has 2 amide bonds. The van der Waals surface area contributed by atoms with Gasteiger partial charge in [0.2, 0.25) is 5.82 Å². The number of rotatable bonds is 9. The third kappa shape index (κ3) is 6.58. The summed E-state index contributed by atoms with van der Waals surface area (Å²) in [6.45, 7) is 2.65. The van der Waals surface area contributed by atoms with Crippen LogP contribution in [0.2, 0.25) is 0 Å². The van der Waals surface area contributed by atoms with Crippen LogP contribution in [0.5, 0.6) is 0 Å². The first kappa shape index (κ1) is 20.7. The highest BCUT2D eigenvalue weighted by Gasteiger charge is 2.35. The van der Waals surface area contributed by atoms with E-state index in [1.54, 1.807) is 18.2 Å². The Morgan fingerprint density at radius 1 is 1.04 bits per heavy atom. The number of hydrazine groups is 1. The lowest BCUT2D eigenvalue weighted by Crippen LogP contribution is -2.39. The van der Waals surface area contributed by atoms with Crippen LogP contribution in [0.15, 0.2) is 24.3 Å². The number of benzene rings is 1. The number of urea groups is 1. The van der Waals surface area contributed by atoms with Gasteiger partial charge in [0.25, 0.3) is 0 Å². The first-order chi connectivity index (χ1) is 12.9. The number of amides is 2. The number of alkyl halides is 3. The van der Waals surface area contributed by atoms with Crippen molar-refractivity contribution in [2.45, 2.75) is 51.6 Å². The number of nitrogens with zero attached hydrogens (tertiary/aromatic N) is 2. The van der Waals surface area contributed by atoms with E-state index < -0.39 is 18.0 Å². The van der Waals surface area contributed by atoms with Gasteiger partial charge in [0.1, 0.15) is 0 Å². The van der Waals surface area contributed by atoms with E-state index in [4.69, 9.17) is 0 Å². The SMILES string of the molecule is CCCCCCCCNC(=O)NNc1nc(C(F)(F)F)nc2ccccc12. The molecule has 0 saturated carbocycles. The maximum atomic E-state index is 13.0. The summed E-state index contributed by atoms with van der Waals surface area (Å²) in [7, 11) is 0. The summed E-state index contributed by atoms with van der Waals surface area (Å²) in [5.41, 5.74) is 4.91. The van der Waals surface area contributed by atoms with E-state index in [2.05, 4.69) is 33.1 Å². The molecule has 1 heterocycles. The van der Waals surface area contributed by atoms with E-state index in [0.29, 0.717) is 11.9 Å². The minimum atomic E-state index is -4.68. The molecular weight excluding hydrogens is 359 g/mol. The van der Waals surface area contributed by atoms with Crippen molar-refractivity contribution < 1.29 is 18.0 Å². The molecule has 3 N–H and O–H groups in total. The van der Waals surface area contributed by atoms with Gasteiger partial charge in [-0.2, -0.15) is 13.2 Å². The van der Waals surface area contributed by atoms with Gasteiger partial charge in [0.05, 0.1) is 5.52 Å². The molecule has 27 heavy (non-hydrogen) atoms. The van der Waals surface area contributed by atoms with Gasteiger partial charge < -0.3 is 5.32 Å².